The van der Waals surface area contributed by atoms with Gasteiger partial charge in [-0.05, 0) is 31.4 Å². The Bertz CT molecular complexity index is 603. The van der Waals surface area contributed by atoms with Crippen LogP contribution < -0.4 is 15.8 Å². The van der Waals surface area contributed by atoms with Crippen LogP contribution in [0.2, 0.25) is 0 Å². The number of aliphatic imine (C=N–C) groups is 1. The first-order valence-electron chi connectivity index (χ1n) is 8.09. The Morgan fingerprint density at radius 1 is 1.39 bits per heavy atom. The number of nitrogens with two attached hydrogens (primary N) is 1. The molecule has 1 saturated heterocycles. The zero-order valence-electron chi connectivity index (χ0n) is 13.3. The maximum Gasteiger partial charge on any atom is 0.193 e. The van der Waals surface area contributed by atoms with Crippen molar-refractivity contribution in [2.75, 3.05) is 19.0 Å². The van der Waals surface area contributed by atoms with Crippen LogP contribution in [0.4, 0.5) is 5.69 Å². The number of anilines is 1. The number of para-hydroxylation sites is 2. The van der Waals surface area contributed by atoms with Crippen LogP contribution in [0.5, 0.6) is 5.75 Å². The van der Waals surface area contributed by atoms with Crippen molar-refractivity contribution in [3.63, 3.8) is 0 Å². The van der Waals surface area contributed by atoms with Gasteiger partial charge in [0.05, 0.1) is 24.9 Å². The lowest BCUT2D eigenvalue weighted by atomic mass is 9.46. The molecule has 0 radical (unpaired) electrons. The third kappa shape index (κ3) is 2.59. The Labute approximate surface area is 154 Å². The molecule has 2 aliphatic carbocycles. The average molecular weight is 429 g/mol. The minimum absolute atomic E-state index is 0. The van der Waals surface area contributed by atoms with Crippen LogP contribution in [0.1, 0.15) is 25.7 Å². The number of hydrogen-bond acceptors (Lipinski definition) is 3. The Morgan fingerprint density at radius 3 is 2.87 bits per heavy atom. The van der Waals surface area contributed by atoms with Gasteiger partial charge in [0, 0.05) is 17.9 Å². The van der Waals surface area contributed by atoms with Crippen LogP contribution in [0.15, 0.2) is 29.3 Å². The normalized spacial score (nSPS) is 30.7. The topological polar surface area (TPSA) is 68.9 Å². The molecule has 1 aromatic carbocycles. The van der Waals surface area contributed by atoms with Crippen LogP contribution in [-0.2, 0) is 4.74 Å². The summed E-state index contributed by atoms with van der Waals surface area (Å²) >= 11 is 0. The molecule has 1 aromatic rings. The molecule has 3 atom stereocenters. The highest BCUT2D eigenvalue weighted by Gasteiger charge is 2.66. The van der Waals surface area contributed by atoms with E-state index >= 15 is 0 Å². The molecular formula is C17H24IN3O2. The van der Waals surface area contributed by atoms with Crippen molar-refractivity contribution in [3.05, 3.63) is 24.3 Å². The zero-order chi connectivity index (χ0) is 15.2. The molecular weight excluding hydrogens is 405 g/mol. The SMILES string of the molecule is COc1ccccc1NC(N)=NC1C2CCOC2C12CCC2.I. The Hall–Kier alpha value is -1.02. The fourth-order valence-corrected chi connectivity index (χ4v) is 4.46. The Kier molecular flexibility index (Phi) is 4.73. The number of halogens is 1. The molecule has 3 unspecified atom stereocenters. The Balaban J connectivity index is 0.00000156. The van der Waals surface area contributed by atoms with Gasteiger partial charge >= 0.3 is 0 Å². The smallest absolute Gasteiger partial charge is 0.193 e. The number of hydrogen-bond donors (Lipinski definition) is 2. The molecule has 3 fully saturated rings. The van der Waals surface area contributed by atoms with E-state index in [-0.39, 0.29) is 29.4 Å². The molecule has 5 nitrogen and oxygen atoms in total. The van der Waals surface area contributed by atoms with E-state index in [2.05, 4.69) is 5.32 Å². The third-order valence-corrected chi connectivity index (χ3v) is 5.63. The highest BCUT2D eigenvalue weighted by molar-refractivity contribution is 14.0. The first-order valence-corrected chi connectivity index (χ1v) is 8.09. The molecule has 4 rings (SSSR count). The lowest BCUT2D eigenvalue weighted by Gasteiger charge is -2.61. The molecule has 3 aliphatic rings. The number of benzene rings is 1. The van der Waals surface area contributed by atoms with Crippen LogP contribution in [0, 0.1) is 11.3 Å². The van der Waals surface area contributed by atoms with Gasteiger partial charge in [0.2, 0.25) is 0 Å². The van der Waals surface area contributed by atoms with Crippen molar-refractivity contribution >= 4 is 35.6 Å². The highest BCUT2D eigenvalue weighted by atomic mass is 127. The fraction of sp³-hybridized carbons (Fsp3) is 0.588. The van der Waals surface area contributed by atoms with Gasteiger partial charge in [0.15, 0.2) is 5.96 Å². The first kappa shape index (κ1) is 16.8. The Morgan fingerprint density at radius 2 is 2.17 bits per heavy atom. The van der Waals surface area contributed by atoms with Crippen molar-refractivity contribution in [3.8, 4) is 5.75 Å². The predicted molar refractivity (Wildman–Crippen MR) is 102 cm³/mol. The van der Waals surface area contributed by atoms with Crippen LogP contribution >= 0.6 is 24.0 Å². The fourth-order valence-electron chi connectivity index (χ4n) is 4.46. The number of rotatable bonds is 3. The van der Waals surface area contributed by atoms with Crippen LogP contribution in [0.25, 0.3) is 0 Å². The number of methoxy groups -OCH3 is 1. The van der Waals surface area contributed by atoms with E-state index in [1.807, 2.05) is 24.3 Å². The number of fused-ring (bicyclic) bond motifs is 2. The van der Waals surface area contributed by atoms with Gasteiger partial charge in [0.25, 0.3) is 0 Å². The van der Waals surface area contributed by atoms with Crippen LogP contribution in [0.3, 0.4) is 0 Å². The minimum atomic E-state index is 0. The van der Waals surface area contributed by atoms with E-state index in [0.29, 0.717) is 24.0 Å². The molecule has 0 amide bonds. The van der Waals surface area contributed by atoms with E-state index in [0.717, 1.165) is 24.5 Å². The molecule has 6 heteroatoms. The largest absolute Gasteiger partial charge is 0.495 e. The summed E-state index contributed by atoms with van der Waals surface area (Å²) < 4.78 is 11.3. The van der Waals surface area contributed by atoms with Crippen molar-refractivity contribution in [2.45, 2.75) is 37.8 Å². The van der Waals surface area contributed by atoms with E-state index in [9.17, 15) is 0 Å². The van der Waals surface area contributed by atoms with Gasteiger partial charge in [-0.15, -0.1) is 24.0 Å². The zero-order valence-corrected chi connectivity index (χ0v) is 15.7. The number of guanidine groups is 1. The summed E-state index contributed by atoms with van der Waals surface area (Å²) in [6, 6.07) is 8.06. The van der Waals surface area contributed by atoms with Crippen LogP contribution in [-0.4, -0.2) is 31.8 Å². The second kappa shape index (κ2) is 6.47. The average Bonchev–Trinajstić information content (AvgIpc) is 2.89. The quantitative estimate of drug-likeness (QED) is 0.441. The first-order chi connectivity index (χ1) is 10.7. The molecule has 0 aromatic heterocycles. The second-order valence-electron chi connectivity index (χ2n) is 6.62. The third-order valence-electron chi connectivity index (χ3n) is 5.63. The summed E-state index contributed by atoms with van der Waals surface area (Å²) in [5.41, 5.74) is 7.29. The maximum atomic E-state index is 6.16. The molecule has 23 heavy (non-hydrogen) atoms. The summed E-state index contributed by atoms with van der Waals surface area (Å²) in [6.07, 6.45) is 5.28. The summed E-state index contributed by atoms with van der Waals surface area (Å²) in [5, 5.41) is 3.19. The monoisotopic (exact) mass is 429 g/mol. The molecule has 126 valence electrons. The van der Waals surface area contributed by atoms with Crippen molar-refractivity contribution in [1.29, 1.82) is 0 Å². The molecule has 1 spiro atoms. The molecule has 1 heterocycles. The van der Waals surface area contributed by atoms with E-state index in [1.54, 1.807) is 7.11 Å². The van der Waals surface area contributed by atoms with Gasteiger partial charge in [-0.1, -0.05) is 18.6 Å². The summed E-state index contributed by atoms with van der Waals surface area (Å²) in [5.74, 6) is 1.80. The molecule has 0 bridgehead atoms. The second-order valence-corrected chi connectivity index (χ2v) is 6.62. The van der Waals surface area contributed by atoms with E-state index in [1.165, 1.54) is 19.3 Å². The standard InChI is InChI=1S/C17H23N3O2.HI/c1-21-13-6-3-2-5-12(13)19-16(18)20-14-11-7-10-22-15(11)17(14)8-4-9-17;/h2-3,5-6,11,14-15H,4,7-10H2,1H3,(H3,18,19,20);1H. The van der Waals surface area contributed by atoms with E-state index < -0.39 is 0 Å². The summed E-state index contributed by atoms with van der Waals surface area (Å²) in [7, 11) is 1.66. The lowest BCUT2D eigenvalue weighted by Crippen LogP contribution is -2.65. The minimum Gasteiger partial charge on any atom is -0.495 e. The van der Waals surface area contributed by atoms with E-state index in [4.69, 9.17) is 20.2 Å². The van der Waals surface area contributed by atoms with Gasteiger partial charge in [-0.3, -0.25) is 0 Å². The molecule has 1 aliphatic heterocycles. The van der Waals surface area contributed by atoms with Crippen molar-refractivity contribution < 1.29 is 9.47 Å². The molecule has 2 saturated carbocycles. The number of nitrogens with zero attached hydrogens (tertiary/aromatic N) is 1. The number of ether oxygens (including phenoxy) is 2. The van der Waals surface area contributed by atoms with Crippen molar-refractivity contribution in [2.24, 2.45) is 22.1 Å². The predicted octanol–water partition coefficient (Wildman–Crippen LogP) is 3.00. The van der Waals surface area contributed by atoms with Gasteiger partial charge in [0.1, 0.15) is 5.75 Å². The van der Waals surface area contributed by atoms with Gasteiger partial charge in [-0.2, -0.15) is 0 Å². The maximum absolute atomic E-state index is 6.16. The van der Waals surface area contributed by atoms with Crippen molar-refractivity contribution in [1.82, 2.24) is 0 Å². The summed E-state index contributed by atoms with van der Waals surface area (Å²) in [4.78, 5) is 4.82. The van der Waals surface area contributed by atoms with Gasteiger partial charge < -0.3 is 20.5 Å². The number of nitrogens with one attached hydrogen (secondary N) is 1. The van der Waals surface area contributed by atoms with Gasteiger partial charge in [-0.25, -0.2) is 4.99 Å². The lowest BCUT2D eigenvalue weighted by molar-refractivity contribution is -0.164. The summed E-state index contributed by atoms with van der Waals surface area (Å²) in [6.45, 7) is 0.878. The highest BCUT2D eigenvalue weighted by Crippen LogP contribution is 2.64. The molecule has 3 N–H and O–H groups in total.